The van der Waals surface area contributed by atoms with E-state index in [1.165, 1.54) is 0 Å². The first kappa shape index (κ1) is 12.7. The lowest BCUT2D eigenvalue weighted by Gasteiger charge is -2.43. The van der Waals surface area contributed by atoms with Gasteiger partial charge in [-0.05, 0) is 52.6 Å². The van der Waals surface area contributed by atoms with Gasteiger partial charge in [-0.2, -0.15) is 0 Å². The van der Waals surface area contributed by atoms with Gasteiger partial charge in [0.2, 0.25) is 0 Å². The average molecular weight is 345 g/mol. The highest BCUT2D eigenvalue weighted by Crippen LogP contribution is 2.32. The minimum atomic E-state index is -0.841. The standard InChI is InChI=1S/C13H16INO2/c1-8(2)9-6-15(7-9)12-4-3-10(14)5-11(12)13(16)17/h3-5,8-9H,6-7H2,1-2H3,(H,16,17). The van der Waals surface area contributed by atoms with Gasteiger partial charge in [0.1, 0.15) is 0 Å². The van der Waals surface area contributed by atoms with E-state index in [0.717, 1.165) is 22.3 Å². The van der Waals surface area contributed by atoms with Gasteiger partial charge in [-0.3, -0.25) is 0 Å². The Bertz CT molecular complexity index is 439. The van der Waals surface area contributed by atoms with E-state index in [0.29, 0.717) is 17.4 Å². The second-order valence-electron chi connectivity index (χ2n) is 4.88. The predicted molar refractivity (Wildman–Crippen MR) is 76.7 cm³/mol. The number of carboxylic acids is 1. The molecule has 0 aromatic heterocycles. The van der Waals surface area contributed by atoms with Gasteiger partial charge in [0.25, 0.3) is 0 Å². The number of carboxylic acid groups (broad SMARTS) is 1. The van der Waals surface area contributed by atoms with E-state index in [1.807, 2.05) is 12.1 Å². The second-order valence-corrected chi connectivity index (χ2v) is 6.12. The van der Waals surface area contributed by atoms with Crippen LogP contribution in [0.2, 0.25) is 0 Å². The lowest BCUT2D eigenvalue weighted by Crippen LogP contribution is -2.49. The SMILES string of the molecule is CC(C)C1CN(c2ccc(I)cc2C(=O)O)C1. The number of halogens is 1. The topological polar surface area (TPSA) is 40.5 Å². The molecule has 0 bridgehead atoms. The van der Waals surface area contributed by atoms with Crippen molar-refractivity contribution in [1.29, 1.82) is 0 Å². The summed E-state index contributed by atoms with van der Waals surface area (Å²) >= 11 is 2.14. The highest BCUT2D eigenvalue weighted by Gasteiger charge is 2.31. The Balaban J connectivity index is 2.20. The Labute approximate surface area is 115 Å². The van der Waals surface area contributed by atoms with Crippen molar-refractivity contribution in [2.24, 2.45) is 11.8 Å². The van der Waals surface area contributed by atoms with E-state index < -0.39 is 5.97 Å². The average Bonchev–Trinajstić information content (AvgIpc) is 2.16. The van der Waals surface area contributed by atoms with Crippen molar-refractivity contribution < 1.29 is 9.90 Å². The Morgan fingerprint density at radius 1 is 1.47 bits per heavy atom. The fourth-order valence-electron chi connectivity index (χ4n) is 2.09. The van der Waals surface area contributed by atoms with Crippen LogP contribution < -0.4 is 4.90 Å². The quantitative estimate of drug-likeness (QED) is 0.856. The van der Waals surface area contributed by atoms with Crippen LogP contribution in [0.25, 0.3) is 0 Å². The zero-order valence-corrected chi connectivity index (χ0v) is 12.1. The van der Waals surface area contributed by atoms with Crippen molar-refractivity contribution >= 4 is 34.2 Å². The van der Waals surface area contributed by atoms with Crippen LogP contribution in [0.5, 0.6) is 0 Å². The van der Waals surface area contributed by atoms with E-state index in [4.69, 9.17) is 0 Å². The summed E-state index contributed by atoms with van der Waals surface area (Å²) in [5, 5.41) is 9.20. The van der Waals surface area contributed by atoms with Crippen molar-refractivity contribution in [3.05, 3.63) is 27.3 Å². The molecule has 0 unspecified atom stereocenters. The minimum Gasteiger partial charge on any atom is -0.478 e. The first-order valence-corrected chi connectivity index (χ1v) is 6.84. The maximum atomic E-state index is 11.2. The highest BCUT2D eigenvalue weighted by molar-refractivity contribution is 14.1. The molecule has 17 heavy (non-hydrogen) atoms. The van der Waals surface area contributed by atoms with Crippen LogP contribution in [0.1, 0.15) is 24.2 Å². The molecular formula is C13H16INO2. The van der Waals surface area contributed by atoms with E-state index in [9.17, 15) is 9.90 Å². The maximum absolute atomic E-state index is 11.2. The first-order chi connectivity index (χ1) is 7.99. The number of benzene rings is 1. The molecule has 1 N–H and O–H groups in total. The van der Waals surface area contributed by atoms with Crippen LogP contribution in [0.15, 0.2) is 18.2 Å². The van der Waals surface area contributed by atoms with Gasteiger partial charge in [-0.15, -0.1) is 0 Å². The summed E-state index contributed by atoms with van der Waals surface area (Å²) in [6.07, 6.45) is 0. The molecule has 1 saturated heterocycles. The smallest absolute Gasteiger partial charge is 0.337 e. The van der Waals surface area contributed by atoms with Gasteiger partial charge >= 0.3 is 5.97 Å². The van der Waals surface area contributed by atoms with Crippen molar-refractivity contribution in [3.63, 3.8) is 0 Å². The third kappa shape index (κ3) is 2.56. The van der Waals surface area contributed by atoms with Crippen molar-refractivity contribution in [2.45, 2.75) is 13.8 Å². The zero-order chi connectivity index (χ0) is 12.6. The summed E-state index contributed by atoms with van der Waals surface area (Å²) in [6, 6.07) is 5.62. The molecule has 0 aliphatic carbocycles. The molecule has 0 atom stereocenters. The monoisotopic (exact) mass is 345 g/mol. The number of anilines is 1. The van der Waals surface area contributed by atoms with Crippen LogP contribution in [0, 0.1) is 15.4 Å². The van der Waals surface area contributed by atoms with E-state index in [1.54, 1.807) is 6.07 Å². The van der Waals surface area contributed by atoms with Gasteiger partial charge in [0.05, 0.1) is 11.3 Å². The van der Waals surface area contributed by atoms with E-state index in [-0.39, 0.29) is 0 Å². The summed E-state index contributed by atoms with van der Waals surface area (Å²) < 4.78 is 0.963. The summed E-state index contributed by atoms with van der Waals surface area (Å²) in [7, 11) is 0. The molecule has 1 aliphatic rings. The number of hydrogen-bond donors (Lipinski definition) is 1. The summed E-state index contributed by atoms with van der Waals surface area (Å²) in [5.41, 5.74) is 1.27. The van der Waals surface area contributed by atoms with Crippen LogP contribution in [0.4, 0.5) is 5.69 Å². The van der Waals surface area contributed by atoms with Gasteiger partial charge in [-0.25, -0.2) is 4.79 Å². The Morgan fingerprint density at radius 3 is 2.65 bits per heavy atom. The normalized spacial score (nSPS) is 16.1. The number of hydrogen-bond acceptors (Lipinski definition) is 2. The Morgan fingerprint density at radius 2 is 2.12 bits per heavy atom. The predicted octanol–water partition coefficient (Wildman–Crippen LogP) is 3.08. The van der Waals surface area contributed by atoms with E-state index >= 15 is 0 Å². The van der Waals surface area contributed by atoms with Crippen molar-refractivity contribution in [1.82, 2.24) is 0 Å². The third-order valence-electron chi connectivity index (χ3n) is 3.38. The molecule has 0 spiro atoms. The zero-order valence-electron chi connectivity index (χ0n) is 9.98. The molecule has 0 amide bonds. The maximum Gasteiger partial charge on any atom is 0.337 e. The molecule has 3 nitrogen and oxygen atoms in total. The number of carbonyl (C=O) groups is 1. The van der Waals surface area contributed by atoms with Gasteiger partial charge < -0.3 is 10.0 Å². The fraction of sp³-hybridized carbons (Fsp3) is 0.462. The van der Waals surface area contributed by atoms with Gasteiger partial charge in [-0.1, -0.05) is 13.8 Å². The molecule has 4 heteroatoms. The number of rotatable bonds is 3. The largest absolute Gasteiger partial charge is 0.478 e. The molecule has 0 saturated carbocycles. The molecule has 1 aromatic rings. The Hall–Kier alpha value is -0.780. The lowest BCUT2D eigenvalue weighted by atomic mass is 9.87. The molecule has 0 radical (unpaired) electrons. The molecule has 1 aliphatic heterocycles. The summed E-state index contributed by atoms with van der Waals surface area (Å²) in [5.74, 6) is 0.519. The third-order valence-corrected chi connectivity index (χ3v) is 4.05. The molecular weight excluding hydrogens is 329 g/mol. The molecule has 2 rings (SSSR count). The van der Waals surface area contributed by atoms with Crippen molar-refractivity contribution in [2.75, 3.05) is 18.0 Å². The second kappa shape index (κ2) is 4.84. The molecule has 1 heterocycles. The van der Waals surface area contributed by atoms with Crippen LogP contribution >= 0.6 is 22.6 Å². The number of nitrogens with zero attached hydrogens (tertiary/aromatic N) is 1. The molecule has 92 valence electrons. The molecule has 1 fully saturated rings. The van der Waals surface area contributed by atoms with Crippen LogP contribution in [-0.4, -0.2) is 24.2 Å². The highest BCUT2D eigenvalue weighted by atomic mass is 127. The molecule has 1 aromatic carbocycles. The minimum absolute atomic E-state index is 0.416. The van der Waals surface area contributed by atoms with E-state index in [2.05, 4.69) is 41.3 Å². The van der Waals surface area contributed by atoms with Crippen LogP contribution in [0.3, 0.4) is 0 Å². The number of aromatic carboxylic acids is 1. The van der Waals surface area contributed by atoms with Crippen molar-refractivity contribution in [3.8, 4) is 0 Å². The van der Waals surface area contributed by atoms with Crippen LogP contribution in [-0.2, 0) is 0 Å². The Kier molecular flexibility index (Phi) is 3.61. The van der Waals surface area contributed by atoms with Gasteiger partial charge in [0.15, 0.2) is 0 Å². The summed E-state index contributed by atoms with van der Waals surface area (Å²) in [6.45, 7) is 6.37. The fourth-order valence-corrected chi connectivity index (χ4v) is 2.58. The van der Waals surface area contributed by atoms with Gasteiger partial charge in [0, 0.05) is 16.7 Å². The summed E-state index contributed by atoms with van der Waals surface area (Å²) in [4.78, 5) is 13.4. The first-order valence-electron chi connectivity index (χ1n) is 5.77. The lowest BCUT2D eigenvalue weighted by molar-refractivity contribution is 0.0697.